The van der Waals surface area contributed by atoms with E-state index in [2.05, 4.69) is 15.0 Å². The predicted molar refractivity (Wildman–Crippen MR) is 83.1 cm³/mol. The number of benzene rings is 1. The van der Waals surface area contributed by atoms with Gasteiger partial charge in [-0.15, -0.1) is 0 Å². The van der Waals surface area contributed by atoms with E-state index in [1.54, 1.807) is 10.8 Å². The monoisotopic (exact) mass is 280 g/mol. The maximum atomic E-state index is 12.2. The van der Waals surface area contributed by atoms with E-state index in [4.69, 9.17) is 0 Å². The molecule has 0 aliphatic rings. The highest BCUT2D eigenvalue weighted by atomic mass is 16.1. The number of fused-ring (bicyclic) bond motifs is 1. The van der Waals surface area contributed by atoms with E-state index in [1.807, 2.05) is 56.3 Å². The van der Waals surface area contributed by atoms with Gasteiger partial charge in [-0.2, -0.15) is 0 Å². The zero-order chi connectivity index (χ0) is 14.8. The van der Waals surface area contributed by atoms with Crippen molar-refractivity contribution < 1.29 is 0 Å². The fourth-order valence-electron chi connectivity index (χ4n) is 2.40. The smallest absolute Gasteiger partial charge is 0.289 e. The number of nitrogens with zero attached hydrogens (tertiary/aromatic N) is 3. The van der Waals surface area contributed by atoms with E-state index in [1.165, 1.54) is 0 Å². The molecule has 21 heavy (non-hydrogen) atoms. The Balaban J connectivity index is 2.19. The number of hydrogen-bond donors (Lipinski definition) is 1. The van der Waals surface area contributed by atoms with Gasteiger partial charge in [0.15, 0.2) is 11.3 Å². The molecule has 1 aromatic carbocycles. The van der Waals surface area contributed by atoms with Gasteiger partial charge in [-0.3, -0.25) is 9.55 Å². The summed E-state index contributed by atoms with van der Waals surface area (Å²) in [6.45, 7) is 3.90. The molecule has 0 amide bonds. The summed E-state index contributed by atoms with van der Waals surface area (Å²) in [5, 5.41) is 0. The average Bonchev–Trinajstić information content (AvgIpc) is 2.83. The first-order valence-corrected chi connectivity index (χ1v) is 6.85. The lowest BCUT2D eigenvalue weighted by molar-refractivity contribution is 0.630. The van der Waals surface area contributed by atoms with E-state index in [-0.39, 0.29) is 11.7 Å². The van der Waals surface area contributed by atoms with Crippen LogP contribution in [0.25, 0.3) is 17.4 Å². The van der Waals surface area contributed by atoms with Crippen molar-refractivity contribution in [3.05, 3.63) is 64.3 Å². The van der Waals surface area contributed by atoms with E-state index < -0.39 is 0 Å². The van der Waals surface area contributed by atoms with Crippen molar-refractivity contribution in [1.29, 1.82) is 0 Å². The Bertz CT molecular complexity index is 846. The number of hydrogen-bond acceptors (Lipinski definition) is 3. The van der Waals surface area contributed by atoms with Crippen LogP contribution >= 0.6 is 0 Å². The van der Waals surface area contributed by atoms with Crippen molar-refractivity contribution in [2.45, 2.75) is 19.9 Å². The molecule has 3 rings (SSSR count). The highest BCUT2D eigenvalue weighted by Gasteiger charge is 2.16. The Labute approximate surface area is 122 Å². The molecule has 1 N–H and O–H groups in total. The first-order valence-electron chi connectivity index (χ1n) is 6.85. The standard InChI is InChI=1S/C16H16N4O/c1-3-7-13-10-17-14-15(18-13)20(16(21)19-14)11(2)12-8-5-4-6-9-12/h3-11H,1-2H3,(H,17,19,21)/b7-3+. The van der Waals surface area contributed by atoms with Crippen LogP contribution in [0.1, 0.15) is 31.1 Å². The van der Waals surface area contributed by atoms with Crippen molar-refractivity contribution in [1.82, 2.24) is 19.5 Å². The molecule has 0 radical (unpaired) electrons. The number of aromatic nitrogens is 4. The van der Waals surface area contributed by atoms with E-state index in [0.717, 1.165) is 11.3 Å². The van der Waals surface area contributed by atoms with Gasteiger partial charge in [0.25, 0.3) is 0 Å². The third kappa shape index (κ3) is 2.38. The van der Waals surface area contributed by atoms with Crippen LogP contribution in [0.4, 0.5) is 0 Å². The van der Waals surface area contributed by atoms with Crippen LogP contribution in [0.5, 0.6) is 0 Å². The lowest BCUT2D eigenvalue weighted by atomic mass is 10.1. The lowest BCUT2D eigenvalue weighted by Crippen LogP contribution is -2.21. The van der Waals surface area contributed by atoms with Crippen LogP contribution < -0.4 is 5.69 Å². The molecule has 0 bridgehead atoms. The van der Waals surface area contributed by atoms with Crippen LogP contribution in [0.3, 0.4) is 0 Å². The maximum absolute atomic E-state index is 12.2. The Morgan fingerprint density at radius 1 is 1.29 bits per heavy atom. The van der Waals surface area contributed by atoms with Crippen molar-refractivity contribution in [3.63, 3.8) is 0 Å². The molecule has 1 unspecified atom stereocenters. The summed E-state index contributed by atoms with van der Waals surface area (Å²) in [6.07, 6.45) is 5.41. The van der Waals surface area contributed by atoms with Crippen LogP contribution in [0.2, 0.25) is 0 Å². The third-order valence-corrected chi connectivity index (χ3v) is 3.45. The van der Waals surface area contributed by atoms with Gasteiger partial charge in [-0.25, -0.2) is 14.8 Å². The minimum Gasteiger partial charge on any atom is -0.289 e. The minimum absolute atomic E-state index is 0.109. The van der Waals surface area contributed by atoms with Crippen LogP contribution in [0.15, 0.2) is 47.4 Å². The second-order valence-electron chi connectivity index (χ2n) is 4.85. The molecule has 3 aromatic rings. The SMILES string of the molecule is C/C=C/c1cnc2[nH]c(=O)n(C(C)c3ccccc3)c2n1. The molecule has 0 fully saturated rings. The number of imidazole rings is 1. The van der Waals surface area contributed by atoms with Crippen LogP contribution in [0, 0.1) is 0 Å². The van der Waals surface area contributed by atoms with Crippen molar-refractivity contribution >= 4 is 17.4 Å². The zero-order valence-corrected chi connectivity index (χ0v) is 11.9. The molecule has 106 valence electrons. The second kappa shape index (κ2) is 5.36. The van der Waals surface area contributed by atoms with Crippen molar-refractivity contribution in [3.8, 4) is 0 Å². The number of allylic oxidation sites excluding steroid dienone is 1. The quantitative estimate of drug-likeness (QED) is 0.802. The first kappa shape index (κ1) is 13.3. The van der Waals surface area contributed by atoms with Gasteiger partial charge in [0, 0.05) is 0 Å². The molecule has 0 aliphatic heterocycles. The fraction of sp³-hybridized carbons (Fsp3) is 0.188. The average molecular weight is 280 g/mol. The summed E-state index contributed by atoms with van der Waals surface area (Å²) in [7, 11) is 0. The molecule has 1 atom stereocenters. The maximum Gasteiger partial charge on any atom is 0.329 e. The van der Waals surface area contributed by atoms with E-state index >= 15 is 0 Å². The number of rotatable bonds is 3. The Morgan fingerprint density at radius 2 is 2.05 bits per heavy atom. The normalized spacial score (nSPS) is 13.0. The molecule has 5 heteroatoms. The predicted octanol–water partition coefficient (Wildman–Crippen LogP) is 2.76. The topological polar surface area (TPSA) is 63.6 Å². The summed E-state index contributed by atoms with van der Waals surface area (Å²) in [6, 6.07) is 9.77. The number of nitrogens with one attached hydrogen (secondary N) is 1. The molecule has 0 saturated heterocycles. The molecular weight excluding hydrogens is 264 g/mol. The van der Waals surface area contributed by atoms with E-state index in [0.29, 0.717) is 11.3 Å². The highest BCUT2D eigenvalue weighted by Crippen LogP contribution is 2.19. The van der Waals surface area contributed by atoms with Gasteiger partial charge >= 0.3 is 5.69 Å². The van der Waals surface area contributed by atoms with Gasteiger partial charge < -0.3 is 0 Å². The van der Waals surface area contributed by atoms with Crippen molar-refractivity contribution in [2.75, 3.05) is 0 Å². The van der Waals surface area contributed by atoms with Crippen LogP contribution in [-0.2, 0) is 0 Å². The molecule has 0 aliphatic carbocycles. The van der Waals surface area contributed by atoms with Crippen LogP contribution in [-0.4, -0.2) is 19.5 Å². The Morgan fingerprint density at radius 3 is 2.76 bits per heavy atom. The van der Waals surface area contributed by atoms with Crippen molar-refractivity contribution in [2.24, 2.45) is 0 Å². The largest absolute Gasteiger partial charge is 0.329 e. The molecular formula is C16H16N4O. The van der Waals surface area contributed by atoms with Gasteiger partial charge in [0.05, 0.1) is 17.9 Å². The molecule has 5 nitrogen and oxygen atoms in total. The minimum atomic E-state index is -0.195. The lowest BCUT2D eigenvalue weighted by Gasteiger charge is -2.13. The zero-order valence-electron chi connectivity index (χ0n) is 11.9. The Kier molecular flexibility index (Phi) is 3.39. The summed E-state index contributed by atoms with van der Waals surface area (Å²) >= 11 is 0. The molecule has 2 aromatic heterocycles. The summed E-state index contributed by atoms with van der Waals surface area (Å²) in [5.74, 6) is 0. The molecule has 0 spiro atoms. The summed E-state index contributed by atoms with van der Waals surface area (Å²) in [4.78, 5) is 23.8. The third-order valence-electron chi connectivity index (χ3n) is 3.45. The molecule has 2 heterocycles. The van der Waals surface area contributed by atoms with Gasteiger partial charge in [0.1, 0.15) is 0 Å². The Hall–Kier alpha value is -2.69. The first-order chi connectivity index (χ1) is 10.2. The van der Waals surface area contributed by atoms with Gasteiger partial charge in [-0.05, 0) is 25.5 Å². The summed E-state index contributed by atoms with van der Waals surface area (Å²) < 4.78 is 1.64. The fourth-order valence-corrected chi connectivity index (χ4v) is 2.40. The number of H-pyrrole nitrogens is 1. The second-order valence-corrected chi connectivity index (χ2v) is 4.85. The van der Waals surface area contributed by atoms with Gasteiger partial charge in [0.2, 0.25) is 0 Å². The van der Waals surface area contributed by atoms with Gasteiger partial charge in [-0.1, -0.05) is 36.4 Å². The number of aromatic amines is 1. The summed E-state index contributed by atoms with van der Waals surface area (Å²) in [5.41, 5.74) is 2.68. The van der Waals surface area contributed by atoms with E-state index in [9.17, 15) is 4.79 Å². The molecule has 0 saturated carbocycles. The highest BCUT2D eigenvalue weighted by molar-refractivity contribution is 5.67.